The van der Waals surface area contributed by atoms with E-state index in [-0.39, 0.29) is 11.2 Å². The van der Waals surface area contributed by atoms with E-state index in [2.05, 4.69) is 25.5 Å². The molecule has 2 aromatic heterocycles. The third kappa shape index (κ3) is 2.52. The quantitative estimate of drug-likeness (QED) is 0.722. The number of carbonyl (C=O) groups excluding carboxylic acids is 1. The van der Waals surface area contributed by atoms with E-state index in [1.54, 1.807) is 0 Å². The van der Waals surface area contributed by atoms with Crippen molar-refractivity contribution in [2.45, 2.75) is 36.2 Å². The molecule has 1 fully saturated rings. The van der Waals surface area contributed by atoms with E-state index in [1.165, 1.54) is 11.8 Å². The molecule has 0 saturated heterocycles. The SMILES string of the molecule is C[C@@H](Sc1nnc2c(n1)[nH]c1ccccc12)C(=O)NC1CC1. The lowest BCUT2D eigenvalue weighted by atomic mass is 10.2. The number of aromatic nitrogens is 4. The number of aromatic amines is 1. The molecule has 1 aliphatic carbocycles. The maximum Gasteiger partial charge on any atom is 0.233 e. The highest BCUT2D eigenvalue weighted by atomic mass is 32.2. The molecule has 1 aliphatic rings. The van der Waals surface area contributed by atoms with Gasteiger partial charge in [-0.25, -0.2) is 4.98 Å². The fourth-order valence-corrected chi connectivity index (χ4v) is 3.04. The van der Waals surface area contributed by atoms with Crippen molar-refractivity contribution in [2.24, 2.45) is 0 Å². The summed E-state index contributed by atoms with van der Waals surface area (Å²) in [7, 11) is 0. The number of nitrogens with zero attached hydrogens (tertiary/aromatic N) is 3. The van der Waals surface area contributed by atoms with Crippen LogP contribution in [0.1, 0.15) is 19.8 Å². The lowest BCUT2D eigenvalue weighted by molar-refractivity contribution is -0.120. The number of fused-ring (bicyclic) bond motifs is 3. The average molecular weight is 313 g/mol. The first-order valence-corrected chi connectivity index (χ1v) is 8.17. The lowest BCUT2D eigenvalue weighted by Gasteiger charge is -2.09. The Morgan fingerprint density at radius 2 is 2.18 bits per heavy atom. The van der Waals surface area contributed by atoms with Gasteiger partial charge in [-0.05, 0) is 25.8 Å². The van der Waals surface area contributed by atoms with Gasteiger partial charge in [0.1, 0.15) is 5.52 Å². The summed E-state index contributed by atoms with van der Waals surface area (Å²) >= 11 is 1.33. The average Bonchev–Trinajstić information content (AvgIpc) is 3.25. The highest BCUT2D eigenvalue weighted by Gasteiger charge is 2.26. The molecule has 22 heavy (non-hydrogen) atoms. The molecular weight excluding hydrogens is 298 g/mol. The summed E-state index contributed by atoms with van der Waals surface area (Å²) in [5.74, 6) is 0.0350. The van der Waals surface area contributed by atoms with E-state index in [0.717, 1.165) is 29.3 Å². The summed E-state index contributed by atoms with van der Waals surface area (Å²) in [4.78, 5) is 19.7. The van der Waals surface area contributed by atoms with E-state index in [4.69, 9.17) is 0 Å². The summed E-state index contributed by atoms with van der Waals surface area (Å²) in [6.07, 6.45) is 2.17. The van der Waals surface area contributed by atoms with Crippen LogP contribution in [0.15, 0.2) is 29.4 Å². The number of amides is 1. The van der Waals surface area contributed by atoms with Crippen LogP contribution in [-0.4, -0.2) is 37.4 Å². The molecule has 3 aromatic rings. The second-order valence-corrected chi connectivity index (χ2v) is 6.81. The monoisotopic (exact) mass is 313 g/mol. The molecule has 2 N–H and O–H groups in total. The van der Waals surface area contributed by atoms with Crippen LogP contribution < -0.4 is 5.32 Å². The Kier molecular flexibility index (Phi) is 3.22. The summed E-state index contributed by atoms with van der Waals surface area (Å²) in [5, 5.41) is 12.7. The van der Waals surface area contributed by atoms with Crippen LogP contribution in [0.25, 0.3) is 22.1 Å². The van der Waals surface area contributed by atoms with Crippen LogP contribution >= 0.6 is 11.8 Å². The molecule has 4 rings (SSSR count). The van der Waals surface area contributed by atoms with E-state index in [9.17, 15) is 4.79 Å². The van der Waals surface area contributed by atoms with Crippen LogP contribution in [0, 0.1) is 0 Å². The number of carbonyl (C=O) groups is 1. The van der Waals surface area contributed by atoms with E-state index >= 15 is 0 Å². The van der Waals surface area contributed by atoms with Crippen LogP contribution in [0.2, 0.25) is 0 Å². The summed E-state index contributed by atoms with van der Waals surface area (Å²) in [6.45, 7) is 1.86. The fourth-order valence-electron chi connectivity index (χ4n) is 2.31. The van der Waals surface area contributed by atoms with E-state index in [0.29, 0.717) is 16.8 Å². The van der Waals surface area contributed by atoms with Gasteiger partial charge >= 0.3 is 0 Å². The number of nitrogens with one attached hydrogen (secondary N) is 2. The molecular formula is C15H15N5OS. The molecule has 1 atom stereocenters. The highest BCUT2D eigenvalue weighted by Crippen LogP contribution is 2.26. The van der Waals surface area contributed by atoms with Gasteiger partial charge in [-0.2, -0.15) is 0 Å². The van der Waals surface area contributed by atoms with E-state index < -0.39 is 0 Å². The van der Waals surface area contributed by atoms with Crippen molar-refractivity contribution < 1.29 is 4.79 Å². The van der Waals surface area contributed by atoms with Gasteiger partial charge < -0.3 is 10.3 Å². The number of benzene rings is 1. The van der Waals surface area contributed by atoms with Crippen LogP contribution in [0.5, 0.6) is 0 Å². The zero-order valence-electron chi connectivity index (χ0n) is 12.0. The topological polar surface area (TPSA) is 83.6 Å². The first-order chi connectivity index (χ1) is 10.7. The second-order valence-electron chi connectivity index (χ2n) is 5.51. The molecule has 0 spiro atoms. The lowest BCUT2D eigenvalue weighted by Crippen LogP contribution is -2.32. The minimum Gasteiger partial charge on any atom is -0.352 e. The molecule has 1 amide bonds. The standard InChI is InChI=1S/C15H15N5OS/c1-8(14(21)16-9-6-7-9)22-15-18-13-12(19-20-15)10-4-2-3-5-11(10)17-13/h2-5,8-9H,6-7H2,1H3,(H,16,21)(H,17,18,20)/t8-/m1/s1. The fraction of sp³-hybridized carbons (Fsp3) is 0.333. The molecule has 0 radical (unpaired) electrons. The molecule has 1 saturated carbocycles. The summed E-state index contributed by atoms with van der Waals surface area (Å²) < 4.78 is 0. The summed E-state index contributed by atoms with van der Waals surface area (Å²) in [5.41, 5.74) is 2.45. The predicted octanol–water partition coefficient (Wildman–Crippen LogP) is 2.27. The van der Waals surface area contributed by atoms with Crippen molar-refractivity contribution in [3.63, 3.8) is 0 Å². The Labute approximate surface area is 131 Å². The molecule has 0 aliphatic heterocycles. The van der Waals surface area contributed by atoms with Crippen LogP contribution in [0.3, 0.4) is 0 Å². The van der Waals surface area contributed by atoms with Crippen molar-refractivity contribution in [2.75, 3.05) is 0 Å². The van der Waals surface area contributed by atoms with Crippen molar-refractivity contribution in [3.8, 4) is 0 Å². The minimum absolute atomic E-state index is 0.0350. The number of hydrogen-bond acceptors (Lipinski definition) is 5. The number of H-pyrrole nitrogens is 1. The van der Waals surface area contributed by atoms with Crippen LogP contribution in [-0.2, 0) is 4.79 Å². The van der Waals surface area contributed by atoms with Crippen molar-refractivity contribution in [1.29, 1.82) is 0 Å². The first-order valence-electron chi connectivity index (χ1n) is 7.29. The molecule has 0 bridgehead atoms. The molecule has 7 heteroatoms. The van der Waals surface area contributed by atoms with Gasteiger partial charge in [0.15, 0.2) is 5.65 Å². The smallest absolute Gasteiger partial charge is 0.233 e. The number of para-hydroxylation sites is 1. The van der Waals surface area contributed by atoms with E-state index in [1.807, 2.05) is 31.2 Å². The highest BCUT2D eigenvalue weighted by molar-refractivity contribution is 8.00. The zero-order valence-corrected chi connectivity index (χ0v) is 12.9. The number of rotatable bonds is 4. The number of thioether (sulfide) groups is 1. The van der Waals surface area contributed by atoms with Gasteiger partial charge in [-0.1, -0.05) is 30.0 Å². The zero-order chi connectivity index (χ0) is 15.1. The third-order valence-corrected chi connectivity index (χ3v) is 4.63. The van der Waals surface area contributed by atoms with Gasteiger partial charge in [0.2, 0.25) is 11.1 Å². The van der Waals surface area contributed by atoms with Gasteiger partial charge in [-0.3, -0.25) is 4.79 Å². The van der Waals surface area contributed by atoms with Crippen LogP contribution in [0.4, 0.5) is 0 Å². The maximum atomic E-state index is 12.0. The Morgan fingerprint density at radius 3 is 3.00 bits per heavy atom. The molecule has 112 valence electrons. The Morgan fingerprint density at radius 1 is 1.36 bits per heavy atom. The van der Waals surface area contributed by atoms with Crippen molar-refractivity contribution >= 4 is 39.7 Å². The first kappa shape index (κ1) is 13.5. The molecule has 0 unspecified atom stereocenters. The largest absolute Gasteiger partial charge is 0.352 e. The minimum atomic E-state index is -0.232. The Hall–Kier alpha value is -2.15. The number of hydrogen-bond donors (Lipinski definition) is 2. The molecule has 2 heterocycles. The second kappa shape index (κ2) is 5.24. The summed E-state index contributed by atoms with van der Waals surface area (Å²) in [6, 6.07) is 8.26. The van der Waals surface area contributed by atoms with Crippen molar-refractivity contribution in [3.05, 3.63) is 24.3 Å². The Bertz CT molecular complexity index is 857. The molecule has 6 nitrogen and oxygen atoms in total. The normalized spacial score (nSPS) is 16.0. The van der Waals surface area contributed by atoms with Gasteiger partial charge in [0.25, 0.3) is 0 Å². The van der Waals surface area contributed by atoms with Gasteiger partial charge in [-0.15, -0.1) is 10.2 Å². The van der Waals surface area contributed by atoms with Gasteiger partial charge in [0.05, 0.1) is 5.25 Å². The molecule has 1 aromatic carbocycles. The Balaban J connectivity index is 1.59. The predicted molar refractivity (Wildman–Crippen MR) is 85.7 cm³/mol. The van der Waals surface area contributed by atoms with Gasteiger partial charge in [0, 0.05) is 16.9 Å². The van der Waals surface area contributed by atoms with Crippen molar-refractivity contribution in [1.82, 2.24) is 25.5 Å². The maximum absolute atomic E-state index is 12.0. The third-order valence-electron chi connectivity index (χ3n) is 3.68.